The Morgan fingerprint density at radius 3 is 2.54 bits per heavy atom. The maximum atomic E-state index is 13.6. The molecule has 1 N–H and O–H groups in total. The number of fused-ring (bicyclic) bond motifs is 2. The van der Waals surface area contributed by atoms with Crippen LogP contribution >= 0.6 is 22.9 Å². The third kappa shape index (κ3) is 4.39. The second-order valence-corrected chi connectivity index (χ2v) is 12.6. The first kappa shape index (κ1) is 25.6. The van der Waals surface area contributed by atoms with Crippen molar-refractivity contribution < 1.29 is 19.4 Å². The molecule has 0 radical (unpaired) electrons. The molecule has 2 atom stereocenters. The van der Waals surface area contributed by atoms with Gasteiger partial charge in [-0.15, -0.1) is 0 Å². The van der Waals surface area contributed by atoms with Gasteiger partial charge in [-0.05, 0) is 65.4 Å². The molecule has 0 bridgehead atoms. The number of benzene rings is 3. The van der Waals surface area contributed by atoms with Crippen LogP contribution in [-0.2, 0) is 21.4 Å². The van der Waals surface area contributed by atoms with E-state index in [4.69, 9.17) is 16.3 Å². The Bertz CT molecular complexity index is 1680. The summed E-state index contributed by atoms with van der Waals surface area (Å²) < 4.78 is 6.60. The second kappa shape index (κ2) is 9.21. The van der Waals surface area contributed by atoms with E-state index in [9.17, 15) is 14.7 Å². The quantitative estimate of drug-likeness (QED) is 0.163. The van der Waals surface area contributed by atoms with Crippen LogP contribution in [-0.4, -0.2) is 27.9 Å². The fourth-order valence-corrected chi connectivity index (χ4v) is 6.49. The Morgan fingerprint density at radius 1 is 1.08 bits per heavy atom. The van der Waals surface area contributed by atoms with E-state index in [-0.39, 0.29) is 22.9 Å². The molecule has 2 aliphatic rings. The maximum Gasteiger partial charge on any atom is 0.301 e. The summed E-state index contributed by atoms with van der Waals surface area (Å²) >= 11 is 7.48. The van der Waals surface area contributed by atoms with Crippen molar-refractivity contribution in [1.82, 2.24) is 4.98 Å². The molecule has 0 saturated carbocycles. The lowest BCUT2D eigenvalue weighted by molar-refractivity contribution is -0.132. The highest BCUT2D eigenvalue weighted by molar-refractivity contribution is 7.22. The minimum Gasteiger partial charge on any atom is -0.507 e. The van der Waals surface area contributed by atoms with E-state index in [0.717, 1.165) is 21.6 Å². The zero-order chi connectivity index (χ0) is 27.6. The molecule has 3 heterocycles. The van der Waals surface area contributed by atoms with Crippen LogP contribution in [0.5, 0.6) is 5.75 Å². The topological polar surface area (TPSA) is 79.7 Å². The van der Waals surface area contributed by atoms with Crippen molar-refractivity contribution in [2.45, 2.75) is 51.7 Å². The van der Waals surface area contributed by atoms with Crippen LogP contribution in [0, 0.1) is 0 Å². The van der Waals surface area contributed by atoms with E-state index in [1.807, 2.05) is 37.3 Å². The van der Waals surface area contributed by atoms with Gasteiger partial charge >= 0.3 is 5.91 Å². The first-order valence-corrected chi connectivity index (χ1v) is 14.0. The summed E-state index contributed by atoms with van der Waals surface area (Å²) in [7, 11) is 0. The van der Waals surface area contributed by atoms with Crippen molar-refractivity contribution in [3.63, 3.8) is 0 Å². The van der Waals surface area contributed by atoms with Gasteiger partial charge < -0.3 is 9.84 Å². The molecule has 0 spiro atoms. The van der Waals surface area contributed by atoms with Crippen LogP contribution in [0.4, 0.5) is 5.13 Å². The van der Waals surface area contributed by atoms with E-state index in [1.165, 1.54) is 16.2 Å². The van der Waals surface area contributed by atoms with Crippen LogP contribution in [0.2, 0.25) is 5.02 Å². The van der Waals surface area contributed by atoms with E-state index in [1.54, 1.807) is 30.3 Å². The van der Waals surface area contributed by atoms with Crippen molar-refractivity contribution >= 4 is 55.7 Å². The number of ether oxygens (including phenoxy) is 1. The average molecular weight is 559 g/mol. The van der Waals surface area contributed by atoms with Gasteiger partial charge in [-0.2, -0.15) is 0 Å². The lowest BCUT2D eigenvalue weighted by Crippen LogP contribution is -2.29. The highest BCUT2D eigenvalue weighted by Gasteiger charge is 2.48. The molecule has 0 unspecified atom stereocenters. The Labute approximate surface area is 235 Å². The molecule has 8 heteroatoms. The number of aliphatic hydroxyl groups is 1. The molecule has 0 aliphatic carbocycles. The summed E-state index contributed by atoms with van der Waals surface area (Å²) in [5.74, 6) is -0.932. The summed E-state index contributed by atoms with van der Waals surface area (Å²) in [4.78, 5) is 33.2. The number of aliphatic hydroxyl groups excluding tert-OH is 1. The normalized spacial score (nSPS) is 20.5. The number of nitrogens with zero attached hydrogens (tertiary/aromatic N) is 2. The van der Waals surface area contributed by atoms with Crippen molar-refractivity contribution in [3.8, 4) is 5.75 Å². The first-order valence-electron chi connectivity index (χ1n) is 12.8. The molecule has 1 fully saturated rings. The van der Waals surface area contributed by atoms with Gasteiger partial charge in [-0.1, -0.05) is 68.0 Å². The number of Topliss-reactive ketones (excluding diaryl/α,β-unsaturated/α-hetero) is 1. The summed E-state index contributed by atoms with van der Waals surface area (Å²) in [6, 6.07) is 17.7. The molecule has 39 heavy (non-hydrogen) atoms. The molecular formula is C31H27ClN2O4S. The minimum absolute atomic E-state index is 0.0349. The Balaban J connectivity index is 1.53. The van der Waals surface area contributed by atoms with Crippen molar-refractivity contribution in [2.24, 2.45) is 0 Å². The predicted octanol–water partition coefficient (Wildman–Crippen LogP) is 7.20. The van der Waals surface area contributed by atoms with Crippen LogP contribution in [0.25, 0.3) is 16.0 Å². The highest BCUT2D eigenvalue weighted by atomic mass is 35.5. The Morgan fingerprint density at radius 2 is 1.82 bits per heavy atom. The Kier molecular flexibility index (Phi) is 6.04. The molecule has 3 aromatic carbocycles. The van der Waals surface area contributed by atoms with E-state index >= 15 is 0 Å². The number of hydrogen-bond donors (Lipinski definition) is 1. The standard InChI is InChI=1S/C31H27ClN2O4S/c1-16-13-19-14-18(7-12-23(19)38-16)27(35)25-26(17-5-8-20(9-6-17)31(2,3)4)34(29(37)28(25)36)30-33-22-11-10-21(32)15-24(22)39-30/h5-12,14-16,26,35H,13H2,1-4H3/b27-25+/t16-,26-/m0/s1. The zero-order valence-electron chi connectivity index (χ0n) is 22.0. The molecule has 6 nitrogen and oxygen atoms in total. The number of aromatic nitrogens is 1. The Hall–Kier alpha value is -3.68. The molecule has 2 aliphatic heterocycles. The lowest BCUT2D eigenvalue weighted by atomic mass is 9.85. The smallest absolute Gasteiger partial charge is 0.301 e. The van der Waals surface area contributed by atoms with Gasteiger partial charge in [0.05, 0.1) is 21.8 Å². The van der Waals surface area contributed by atoms with Crippen LogP contribution in [0.1, 0.15) is 56.0 Å². The van der Waals surface area contributed by atoms with E-state index < -0.39 is 17.7 Å². The monoisotopic (exact) mass is 558 g/mol. The largest absolute Gasteiger partial charge is 0.507 e. The fraction of sp³-hybridized carbons (Fsp3) is 0.258. The third-order valence-electron chi connectivity index (χ3n) is 7.25. The van der Waals surface area contributed by atoms with E-state index in [2.05, 4.69) is 25.8 Å². The summed E-state index contributed by atoms with van der Waals surface area (Å²) in [5.41, 5.74) is 3.89. The number of thiazole rings is 1. The third-order valence-corrected chi connectivity index (χ3v) is 8.50. The molecule has 1 amide bonds. The SMILES string of the molecule is C[C@H]1Cc2cc(/C(O)=C3\C(=O)C(=O)N(c4nc5ccc(Cl)cc5s4)[C@H]3c3ccc(C(C)(C)C)cc3)ccc2O1. The predicted molar refractivity (Wildman–Crippen MR) is 155 cm³/mol. The molecule has 198 valence electrons. The number of carbonyl (C=O) groups excluding carboxylic acids is 2. The molecular weight excluding hydrogens is 532 g/mol. The summed E-state index contributed by atoms with van der Waals surface area (Å²) in [6.45, 7) is 8.35. The number of anilines is 1. The number of hydrogen-bond acceptors (Lipinski definition) is 6. The lowest BCUT2D eigenvalue weighted by Gasteiger charge is -2.24. The number of halogens is 1. The van der Waals surface area contributed by atoms with Gasteiger partial charge in [-0.25, -0.2) is 4.98 Å². The van der Waals surface area contributed by atoms with Gasteiger partial charge in [0.1, 0.15) is 17.6 Å². The molecule has 6 rings (SSSR count). The number of carbonyl (C=O) groups is 2. The van der Waals surface area contributed by atoms with Gasteiger partial charge in [0, 0.05) is 17.0 Å². The van der Waals surface area contributed by atoms with Crippen LogP contribution in [0.3, 0.4) is 0 Å². The van der Waals surface area contributed by atoms with E-state index in [0.29, 0.717) is 33.2 Å². The van der Waals surface area contributed by atoms with Crippen LogP contribution < -0.4 is 9.64 Å². The van der Waals surface area contributed by atoms with Crippen molar-refractivity contribution in [1.29, 1.82) is 0 Å². The second-order valence-electron chi connectivity index (χ2n) is 11.1. The minimum atomic E-state index is -0.849. The zero-order valence-corrected chi connectivity index (χ0v) is 23.6. The van der Waals surface area contributed by atoms with Crippen LogP contribution in [0.15, 0.2) is 66.2 Å². The maximum absolute atomic E-state index is 13.6. The summed E-state index contributed by atoms with van der Waals surface area (Å²) in [6.07, 6.45) is 0.744. The first-order chi connectivity index (χ1) is 18.5. The van der Waals surface area contributed by atoms with Gasteiger partial charge in [0.2, 0.25) is 0 Å². The number of ketones is 1. The van der Waals surface area contributed by atoms with Crippen molar-refractivity contribution in [2.75, 3.05) is 4.90 Å². The van der Waals surface area contributed by atoms with Gasteiger partial charge in [-0.3, -0.25) is 14.5 Å². The molecule has 1 aromatic heterocycles. The number of amides is 1. The summed E-state index contributed by atoms with van der Waals surface area (Å²) in [5, 5.41) is 12.5. The van der Waals surface area contributed by atoms with Crippen molar-refractivity contribution in [3.05, 3.63) is 93.5 Å². The number of rotatable bonds is 3. The van der Waals surface area contributed by atoms with Gasteiger partial charge in [0.15, 0.2) is 5.13 Å². The average Bonchev–Trinajstić information content (AvgIpc) is 3.55. The highest BCUT2D eigenvalue weighted by Crippen LogP contribution is 2.45. The molecule has 4 aromatic rings. The van der Waals surface area contributed by atoms with Gasteiger partial charge in [0.25, 0.3) is 5.78 Å². The fourth-order valence-electron chi connectivity index (χ4n) is 5.22. The molecule has 1 saturated heterocycles.